The molecule has 12 heteroatoms. The summed E-state index contributed by atoms with van der Waals surface area (Å²) >= 11 is 0. The Morgan fingerprint density at radius 2 is 1.54 bits per heavy atom. The molecular weight excluding hydrogens is 476 g/mol. The first kappa shape index (κ1) is 27.5. The summed E-state index contributed by atoms with van der Waals surface area (Å²) in [5.74, 6) is 0. The van der Waals surface area contributed by atoms with E-state index in [0.717, 1.165) is 23.2 Å². The zero-order valence-electron chi connectivity index (χ0n) is 20.1. The van der Waals surface area contributed by atoms with Gasteiger partial charge in [0.25, 0.3) is 0 Å². The molecule has 12 nitrogen and oxygen atoms in total. The summed E-state index contributed by atoms with van der Waals surface area (Å²) < 4.78 is 0. The number of nitrogens with zero attached hydrogens (tertiary/aromatic N) is 3. The molecule has 2 unspecified atom stereocenters. The van der Waals surface area contributed by atoms with Crippen molar-refractivity contribution in [2.24, 2.45) is 15.5 Å². The summed E-state index contributed by atoms with van der Waals surface area (Å²) in [4.78, 5) is 33.7. The monoisotopic (exact) mass is 506 g/mol. The number of nitrogens with one attached hydrogen (secondary N) is 5. The average molecular weight is 507 g/mol. The van der Waals surface area contributed by atoms with Gasteiger partial charge in [0.05, 0.1) is 12.4 Å². The van der Waals surface area contributed by atoms with Crippen LogP contribution in [0.3, 0.4) is 0 Å². The number of hydrazine groups is 1. The highest BCUT2D eigenvalue weighted by Crippen LogP contribution is 2.29. The molecule has 3 rings (SSSR count). The van der Waals surface area contributed by atoms with Gasteiger partial charge < -0.3 is 21.3 Å². The number of rotatable bonds is 17. The molecule has 37 heavy (non-hydrogen) atoms. The lowest BCUT2D eigenvalue weighted by atomic mass is 10.1. The molecular formula is C25H30N8O4. The minimum absolute atomic E-state index is 0.0284. The Morgan fingerprint density at radius 1 is 0.811 bits per heavy atom. The number of anilines is 2. The fourth-order valence-electron chi connectivity index (χ4n) is 3.70. The lowest BCUT2D eigenvalue weighted by Crippen LogP contribution is -2.31. The Morgan fingerprint density at radius 3 is 2.22 bits per heavy atom. The largest absolute Gasteiger partial charge is 0.382 e. The van der Waals surface area contributed by atoms with Gasteiger partial charge in [-0.1, -0.05) is 58.9 Å². The molecule has 0 saturated heterocycles. The molecule has 2 atom stereocenters. The second-order valence-electron chi connectivity index (χ2n) is 8.19. The van der Waals surface area contributed by atoms with Crippen LogP contribution >= 0.6 is 0 Å². The maximum Gasteiger partial charge on any atom is 0.134 e. The van der Waals surface area contributed by atoms with Crippen LogP contribution in [-0.4, -0.2) is 31.5 Å². The maximum atomic E-state index is 11.5. The quantitative estimate of drug-likeness (QED) is 0.0668. The van der Waals surface area contributed by atoms with Crippen molar-refractivity contribution >= 4 is 17.1 Å². The van der Waals surface area contributed by atoms with Gasteiger partial charge in [-0.05, 0) is 59.1 Å². The second-order valence-corrected chi connectivity index (χ2v) is 8.19. The van der Waals surface area contributed by atoms with Gasteiger partial charge in [0.2, 0.25) is 0 Å². The number of hydrogen-bond donors (Lipinski definition) is 6. The average Bonchev–Trinajstić information content (AvgIpc) is 2.95. The lowest BCUT2D eigenvalue weighted by Gasteiger charge is -2.15. The van der Waals surface area contributed by atoms with Gasteiger partial charge >= 0.3 is 0 Å². The van der Waals surface area contributed by atoms with E-state index in [1.807, 2.05) is 60.1 Å². The number of nitroso groups, excluding NO2 is 3. The topological polar surface area (TPSA) is 169 Å². The van der Waals surface area contributed by atoms with E-state index in [1.165, 1.54) is 6.07 Å². The molecule has 0 aliphatic carbocycles. The van der Waals surface area contributed by atoms with Gasteiger partial charge in [-0.2, -0.15) is 15.3 Å². The van der Waals surface area contributed by atoms with Crippen LogP contribution in [-0.2, 0) is 6.42 Å². The van der Waals surface area contributed by atoms with Crippen molar-refractivity contribution in [2.75, 3.05) is 37.0 Å². The summed E-state index contributed by atoms with van der Waals surface area (Å²) in [6, 6.07) is 21.0. The standard InChI is InChI=1S/C25H30N8O4/c34-29-17-28-30-23-14-20(8-11-22(23)31-35)24(32-36)15-26-13-12-18-6-9-21(10-7-18)27-16-25(33-37)19-4-2-1-3-5-19/h1-11,14,24-30,34H,12-13,15-17H2. The SMILES string of the molecule is O=Nc1ccc(C(CNCCc2ccc(NCC(N=O)c3ccccc3)cc2)N=O)cc1NNCNO. The number of hydrogen-bond acceptors (Lipinski definition) is 12. The Labute approximate surface area is 214 Å². The molecule has 3 aromatic rings. The van der Waals surface area contributed by atoms with Crippen LogP contribution in [0.15, 0.2) is 88.3 Å². The molecule has 0 aliphatic rings. The van der Waals surface area contributed by atoms with E-state index in [2.05, 4.69) is 37.0 Å². The highest BCUT2D eigenvalue weighted by Gasteiger charge is 2.15. The summed E-state index contributed by atoms with van der Waals surface area (Å²) in [6.45, 7) is 1.39. The van der Waals surface area contributed by atoms with E-state index >= 15 is 0 Å². The van der Waals surface area contributed by atoms with Gasteiger partial charge in [-0.15, -0.1) is 4.91 Å². The molecule has 6 N–H and O–H groups in total. The number of benzene rings is 3. The third-order valence-corrected chi connectivity index (χ3v) is 5.71. The smallest absolute Gasteiger partial charge is 0.134 e. The van der Waals surface area contributed by atoms with Crippen LogP contribution < -0.4 is 27.0 Å². The Kier molecular flexibility index (Phi) is 11.2. The van der Waals surface area contributed by atoms with Gasteiger partial charge in [0.15, 0.2) is 0 Å². The molecule has 3 aromatic carbocycles. The zero-order valence-corrected chi connectivity index (χ0v) is 20.1. The van der Waals surface area contributed by atoms with E-state index in [9.17, 15) is 14.7 Å². The predicted molar refractivity (Wildman–Crippen MR) is 143 cm³/mol. The molecule has 0 saturated carbocycles. The van der Waals surface area contributed by atoms with Crippen molar-refractivity contribution in [3.63, 3.8) is 0 Å². The summed E-state index contributed by atoms with van der Waals surface area (Å²) in [5.41, 5.74) is 11.3. The van der Waals surface area contributed by atoms with Gasteiger partial charge in [0.1, 0.15) is 17.8 Å². The first-order chi connectivity index (χ1) is 18.2. The molecule has 194 valence electrons. The second kappa shape index (κ2) is 15.1. The van der Waals surface area contributed by atoms with Crippen LogP contribution in [0.2, 0.25) is 0 Å². The summed E-state index contributed by atoms with van der Waals surface area (Å²) in [6.07, 6.45) is 0.743. The molecule has 0 amide bonds. The maximum absolute atomic E-state index is 11.5. The van der Waals surface area contributed by atoms with Crippen molar-refractivity contribution in [2.45, 2.75) is 18.5 Å². The van der Waals surface area contributed by atoms with Crippen LogP contribution in [0.5, 0.6) is 0 Å². The molecule has 0 spiro atoms. The normalized spacial score (nSPS) is 12.4. The molecule has 0 aliphatic heterocycles. The molecule has 0 radical (unpaired) electrons. The highest BCUT2D eigenvalue weighted by atomic mass is 16.5. The van der Waals surface area contributed by atoms with Crippen molar-refractivity contribution in [1.29, 1.82) is 0 Å². The Hall–Kier alpha value is -4.10. The lowest BCUT2D eigenvalue weighted by molar-refractivity contribution is 0.161. The summed E-state index contributed by atoms with van der Waals surface area (Å²) in [5, 5.41) is 24.5. The van der Waals surface area contributed by atoms with Crippen LogP contribution in [0, 0.1) is 14.7 Å². The van der Waals surface area contributed by atoms with Crippen molar-refractivity contribution in [3.05, 3.63) is 104 Å². The highest BCUT2D eigenvalue weighted by molar-refractivity contribution is 5.66. The van der Waals surface area contributed by atoms with Crippen LogP contribution in [0.1, 0.15) is 28.8 Å². The third-order valence-electron chi connectivity index (χ3n) is 5.71. The Balaban J connectivity index is 1.46. The first-order valence-electron chi connectivity index (χ1n) is 11.7. The van der Waals surface area contributed by atoms with Crippen molar-refractivity contribution in [3.8, 4) is 0 Å². The zero-order chi connectivity index (χ0) is 26.3. The minimum atomic E-state index is -0.659. The Bertz CT molecular complexity index is 1130. The fraction of sp³-hybridized carbons (Fsp3) is 0.280. The van der Waals surface area contributed by atoms with Crippen LogP contribution in [0.25, 0.3) is 0 Å². The fourth-order valence-corrected chi connectivity index (χ4v) is 3.70. The van der Waals surface area contributed by atoms with Crippen molar-refractivity contribution in [1.82, 2.24) is 16.2 Å². The van der Waals surface area contributed by atoms with E-state index in [1.54, 1.807) is 12.1 Å². The number of hydroxylamine groups is 1. The van der Waals surface area contributed by atoms with E-state index in [0.29, 0.717) is 30.9 Å². The first-order valence-corrected chi connectivity index (χ1v) is 11.7. The molecule has 0 heterocycles. The predicted octanol–water partition coefficient (Wildman–Crippen LogP) is 4.50. The molecule has 0 bridgehead atoms. The van der Waals surface area contributed by atoms with Gasteiger partial charge in [0, 0.05) is 18.8 Å². The molecule has 0 aromatic heterocycles. The van der Waals surface area contributed by atoms with E-state index in [-0.39, 0.29) is 12.4 Å². The van der Waals surface area contributed by atoms with Gasteiger partial charge in [-0.25, -0.2) is 5.43 Å². The summed E-state index contributed by atoms with van der Waals surface area (Å²) in [7, 11) is 0. The van der Waals surface area contributed by atoms with E-state index < -0.39 is 12.1 Å². The third kappa shape index (κ3) is 8.51. The van der Waals surface area contributed by atoms with Crippen LogP contribution in [0.4, 0.5) is 17.1 Å². The molecule has 0 fully saturated rings. The minimum Gasteiger partial charge on any atom is -0.382 e. The van der Waals surface area contributed by atoms with Crippen molar-refractivity contribution < 1.29 is 5.21 Å². The van der Waals surface area contributed by atoms with Gasteiger partial charge in [-0.3, -0.25) is 0 Å². The van der Waals surface area contributed by atoms with E-state index in [4.69, 9.17) is 5.21 Å².